The van der Waals surface area contributed by atoms with Gasteiger partial charge in [0.15, 0.2) is 0 Å². The number of aromatic nitrogens is 1. The summed E-state index contributed by atoms with van der Waals surface area (Å²) >= 11 is 0. The van der Waals surface area contributed by atoms with Gasteiger partial charge < -0.3 is 9.72 Å². The Morgan fingerprint density at radius 2 is 1.61 bits per heavy atom. The molecule has 1 aliphatic rings. The van der Waals surface area contributed by atoms with Crippen LogP contribution in [0, 0.1) is 13.8 Å². The molecule has 3 aromatic carbocycles. The van der Waals surface area contributed by atoms with Gasteiger partial charge in [0.1, 0.15) is 5.82 Å². The van der Waals surface area contributed by atoms with Crippen LogP contribution in [0.2, 0.25) is 0 Å². The summed E-state index contributed by atoms with van der Waals surface area (Å²) in [5.41, 5.74) is 4.92. The van der Waals surface area contributed by atoms with Crippen LogP contribution < -0.4 is 4.31 Å². The first-order chi connectivity index (χ1) is 17.3. The third kappa shape index (κ3) is 4.09. The maximum Gasteiger partial charge on any atom is 0.334 e. The van der Waals surface area contributed by atoms with Gasteiger partial charge in [0.25, 0.3) is 10.0 Å². The summed E-state index contributed by atoms with van der Waals surface area (Å²) < 4.78 is 34.7. The Kier molecular flexibility index (Phi) is 6.18. The lowest BCUT2D eigenvalue weighted by Gasteiger charge is -2.24. The number of hydrogen-bond acceptors (Lipinski definition) is 4. The number of carbonyl (C=O) groups is 1. The number of carbonyl (C=O) groups excluding carboxylic acids is 1. The molecule has 0 fully saturated rings. The molecule has 0 aliphatic carbocycles. The van der Waals surface area contributed by atoms with E-state index in [9.17, 15) is 13.2 Å². The predicted octanol–water partition coefficient (Wildman–Crippen LogP) is 5.62. The number of para-hydroxylation sites is 1. The molecule has 0 amide bonds. The number of sulfonamides is 1. The highest BCUT2D eigenvalue weighted by atomic mass is 32.2. The monoisotopic (exact) mass is 500 g/mol. The molecule has 5 rings (SSSR count). The van der Waals surface area contributed by atoms with Crippen LogP contribution in [0.15, 0.2) is 89.3 Å². The number of hydrogen-bond donors (Lipinski definition) is 1. The minimum Gasteiger partial charge on any atom is -0.463 e. The number of rotatable bonds is 5. The molecule has 1 N–H and O–H groups in total. The largest absolute Gasteiger partial charge is 0.463 e. The quantitative estimate of drug-likeness (QED) is 0.361. The van der Waals surface area contributed by atoms with E-state index in [1.807, 2.05) is 62.4 Å². The van der Waals surface area contributed by atoms with E-state index in [1.165, 1.54) is 4.31 Å². The maximum atomic E-state index is 13.9. The number of esters is 1. The number of anilines is 1. The lowest BCUT2D eigenvalue weighted by Crippen LogP contribution is -2.31. The summed E-state index contributed by atoms with van der Waals surface area (Å²) in [6.45, 7) is 5.90. The summed E-state index contributed by atoms with van der Waals surface area (Å²) in [7, 11) is -3.93. The maximum absolute atomic E-state index is 13.9. The fourth-order valence-electron chi connectivity index (χ4n) is 4.76. The Balaban J connectivity index is 1.80. The van der Waals surface area contributed by atoms with Gasteiger partial charge in [0.2, 0.25) is 0 Å². The standard InChI is InChI=1S/C29H28N2O4S/c1-4-35-29(32)24-17-18-31(36(33,34)22-15-11-20(3)12-16-22)28-27(23-7-5-6-8-25(23)30-28)26(24)21-13-9-19(2)10-14-21/h5-17,26,30H,4,18H2,1-3H3. The van der Waals surface area contributed by atoms with Gasteiger partial charge in [-0.25, -0.2) is 17.5 Å². The fourth-order valence-corrected chi connectivity index (χ4v) is 6.15. The molecule has 1 atom stereocenters. The van der Waals surface area contributed by atoms with Gasteiger partial charge in [0.05, 0.1) is 18.0 Å². The zero-order valence-electron chi connectivity index (χ0n) is 20.5. The van der Waals surface area contributed by atoms with Crippen molar-refractivity contribution < 1.29 is 17.9 Å². The molecule has 1 aromatic heterocycles. The number of nitrogens with one attached hydrogen (secondary N) is 1. The van der Waals surface area contributed by atoms with E-state index in [0.717, 1.165) is 33.2 Å². The molecule has 7 heteroatoms. The highest BCUT2D eigenvalue weighted by molar-refractivity contribution is 7.92. The lowest BCUT2D eigenvalue weighted by molar-refractivity contribution is -0.138. The van der Waals surface area contributed by atoms with Gasteiger partial charge in [-0.1, -0.05) is 71.8 Å². The van der Waals surface area contributed by atoms with Crippen LogP contribution in [0.5, 0.6) is 0 Å². The predicted molar refractivity (Wildman–Crippen MR) is 142 cm³/mol. The van der Waals surface area contributed by atoms with Gasteiger partial charge in [0, 0.05) is 28.0 Å². The Hall–Kier alpha value is -3.84. The number of H-pyrrole nitrogens is 1. The number of ether oxygens (including phenoxy) is 1. The molecule has 184 valence electrons. The number of fused-ring (bicyclic) bond motifs is 3. The minimum absolute atomic E-state index is 0.00740. The van der Waals surface area contributed by atoms with Gasteiger partial charge in [-0.15, -0.1) is 0 Å². The Bertz CT molecular complexity index is 1570. The van der Waals surface area contributed by atoms with Gasteiger partial charge in [-0.05, 0) is 44.5 Å². The first kappa shape index (κ1) is 23.9. The van der Waals surface area contributed by atoms with E-state index in [4.69, 9.17) is 4.74 Å². The highest BCUT2D eigenvalue weighted by Gasteiger charge is 2.38. The van der Waals surface area contributed by atoms with Crippen molar-refractivity contribution in [3.05, 3.63) is 107 Å². The molecule has 2 heterocycles. The molecule has 0 bridgehead atoms. The first-order valence-electron chi connectivity index (χ1n) is 11.9. The van der Waals surface area contributed by atoms with E-state index in [-0.39, 0.29) is 18.0 Å². The molecule has 1 aliphatic heterocycles. The van der Waals surface area contributed by atoms with Crippen molar-refractivity contribution in [1.82, 2.24) is 4.98 Å². The third-order valence-corrected chi connectivity index (χ3v) is 8.36. The number of aryl methyl sites for hydroxylation is 2. The lowest BCUT2D eigenvalue weighted by atomic mass is 9.84. The van der Waals surface area contributed by atoms with Crippen LogP contribution in [0.3, 0.4) is 0 Å². The number of nitrogens with zero attached hydrogens (tertiary/aromatic N) is 1. The van der Waals surface area contributed by atoms with Crippen LogP contribution in [0.4, 0.5) is 5.82 Å². The second kappa shape index (κ2) is 9.32. The van der Waals surface area contributed by atoms with E-state index in [2.05, 4.69) is 4.98 Å². The summed E-state index contributed by atoms with van der Waals surface area (Å²) in [6, 6.07) is 22.5. The molecule has 0 spiro atoms. The third-order valence-electron chi connectivity index (χ3n) is 6.58. The fraction of sp³-hybridized carbons (Fsp3) is 0.207. The van der Waals surface area contributed by atoms with Crippen molar-refractivity contribution in [1.29, 1.82) is 0 Å². The topological polar surface area (TPSA) is 79.5 Å². The van der Waals surface area contributed by atoms with Crippen LogP contribution in [0.1, 0.15) is 35.1 Å². The van der Waals surface area contributed by atoms with Crippen molar-refractivity contribution in [2.75, 3.05) is 17.5 Å². The van der Waals surface area contributed by atoms with Crippen molar-refractivity contribution >= 4 is 32.7 Å². The molecule has 6 nitrogen and oxygen atoms in total. The van der Waals surface area contributed by atoms with Gasteiger partial charge >= 0.3 is 5.97 Å². The summed E-state index contributed by atoms with van der Waals surface area (Å²) in [6.07, 6.45) is 1.69. The Labute approximate surface area is 211 Å². The highest BCUT2D eigenvalue weighted by Crippen LogP contribution is 2.45. The summed E-state index contributed by atoms with van der Waals surface area (Å²) in [5.74, 6) is -0.499. The van der Waals surface area contributed by atoms with Crippen LogP contribution in [-0.2, 0) is 19.6 Å². The van der Waals surface area contributed by atoms with Crippen LogP contribution >= 0.6 is 0 Å². The first-order valence-corrected chi connectivity index (χ1v) is 13.4. The minimum atomic E-state index is -3.93. The van der Waals surface area contributed by atoms with Crippen molar-refractivity contribution in [2.24, 2.45) is 0 Å². The summed E-state index contributed by atoms with van der Waals surface area (Å²) in [4.78, 5) is 16.8. The second-order valence-corrected chi connectivity index (χ2v) is 10.9. The van der Waals surface area contributed by atoms with Crippen LogP contribution in [-0.4, -0.2) is 32.5 Å². The average Bonchev–Trinajstić information content (AvgIpc) is 3.14. The zero-order chi connectivity index (χ0) is 25.4. The molecule has 4 aromatic rings. The van der Waals surface area contributed by atoms with E-state index < -0.39 is 21.9 Å². The molecule has 0 saturated heterocycles. The van der Waals surface area contributed by atoms with Crippen molar-refractivity contribution in [3.8, 4) is 0 Å². The van der Waals surface area contributed by atoms with Crippen molar-refractivity contribution in [2.45, 2.75) is 31.6 Å². The van der Waals surface area contributed by atoms with E-state index in [0.29, 0.717) is 11.4 Å². The van der Waals surface area contributed by atoms with E-state index >= 15 is 0 Å². The smallest absolute Gasteiger partial charge is 0.334 e. The normalized spacial score (nSPS) is 15.8. The molecule has 36 heavy (non-hydrogen) atoms. The molecule has 0 saturated carbocycles. The van der Waals surface area contributed by atoms with Crippen LogP contribution in [0.25, 0.3) is 10.9 Å². The second-order valence-electron chi connectivity index (χ2n) is 9.01. The zero-order valence-corrected chi connectivity index (χ0v) is 21.3. The van der Waals surface area contributed by atoms with Crippen molar-refractivity contribution in [3.63, 3.8) is 0 Å². The number of aromatic amines is 1. The van der Waals surface area contributed by atoms with E-state index in [1.54, 1.807) is 37.3 Å². The SMILES string of the molecule is CCOC(=O)C1=CCN(S(=O)(=O)c2ccc(C)cc2)c2[nH]c3ccccc3c2C1c1ccc(C)cc1. The Morgan fingerprint density at radius 1 is 0.972 bits per heavy atom. The molecule has 1 unspecified atom stereocenters. The average molecular weight is 501 g/mol. The molecular weight excluding hydrogens is 472 g/mol. The van der Waals surface area contributed by atoms with Gasteiger partial charge in [-0.2, -0.15) is 0 Å². The Morgan fingerprint density at radius 3 is 2.28 bits per heavy atom. The molecule has 0 radical (unpaired) electrons. The number of benzene rings is 3. The summed E-state index contributed by atoms with van der Waals surface area (Å²) in [5, 5.41) is 0.860. The van der Waals surface area contributed by atoms with Gasteiger partial charge in [-0.3, -0.25) is 0 Å². The molecular formula is C29H28N2O4S.